The zero-order chi connectivity index (χ0) is 27.1. The minimum absolute atomic E-state index is 0.0849. The Morgan fingerprint density at radius 3 is 2.82 bits per heavy atom. The van der Waals surface area contributed by atoms with E-state index < -0.39 is 5.82 Å². The Balaban J connectivity index is 1.47. The minimum Gasteiger partial charge on any atom is -0.491 e. The van der Waals surface area contributed by atoms with Crippen molar-refractivity contribution >= 4 is 29.1 Å². The van der Waals surface area contributed by atoms with Gasteiger partial charge in [0.1, 0.15) is 29.8 Å². The number of carbonyl (C=O) groups is 2. The van der Waals surface area contributed by atoms with Crippen LogP contribution in [0, 0.1) is 5.82 Å². The highest BCUT2D eigenvalue weighted by Gasteiger charge is 2.33. The molecule has 3 N–H and O–H groups in total. The average molecular weight is 537 g/mol. The molecule has 0 saturated carbocycles. The van der Waals surface area contributed by atoms with Crippen molar-refractivity contribution in [2.24, 2.45) is 5.73 Å². The van der Waals surface area contributed by atoms with Crippen LogP contribution in [0.25, 0.3) is 5.65 Å². The van der Waals surface area contributed by atoms with Gasteiger partial charge in [0.15, 0.2) is 5.65 Å². The Morgan fingerprint density at radius 2 is 2.00 bits per heavy atom. The van der Waals surface area contributed by atoms with E-state index in [9.17, 15) is 14.0 Å². The predicted octanol–water partition coefficient (Wildman–Crippen LogP) is 1.72. The van der Waals surface area contributed by atoms with Crippen molar-refractivity contribution in [3.63, 3.8) is 0 Å². The molecule has 2 unspecified atom stereocenters. The largest absolute Gasteiger partial charge is 0.491 e. The van der Waals surface area contributed by atoms with Crippen LogP contribution in [0.3, 0.4) is 0 Å². The Labute approximate surface area is 225 Å². The van der Waals surface area contributed by atoms with Crippen molar-refractivity contribution in [3.05, 3.63) is 47.4 Å². The molecule has 2 saturated heterocycles. The molecule has 0 spiro atoms. The molecular weight excluding hydrogens is 503 g/mol. The minimum atomic E-state index is -0.513. The van der Waals surface area contributed by atoms with Crippen LogP contribution < -0.4 is 25.6 Å². The fourth-order valence-electron chi connectivity index (χ4n) is 5.69. The number of aromatic nitrogens is 3. The Hall–Kier alpha value is -3.93. The van der Waals surface area contributed by atoms with Gasteiger partial charge < -0.3 is 30.5 Å². The molecule has 2 aromatic heterocycles. The predicted molar refractivity (Wildman–Crippen MR) is 144 cm³/mol. The molecule has 6 rings (SSSR count). The zero-order valence-electron chi connectivity index (χ0n) is 22.0. The van der Waals surface area contributed by atoms with Crippen LogP contribution in [-0.2, 0) is 4.79 Å². The number of ether oxygens (including phenoxy) is 1. The summed E-state index contributed by atoms with van der Waals surface area (Å²) < 4.78 is 21.9. The summed E-state index contributed by atoms with van der Waals surface area (Å²) in [5.74, 6) is 0.763. The van der Waals surface area contributed by atoms with E-state index >= 15 is 0 Å². The number of nitrogens with two attached hydrogens (primary N) is 1. The fraction of sp³-hybridized carbons (Fsp3) is 0.481. The topological polar surface area (TPSA) is 121 Å². The number of carbonyl (C=O) groups excluding carboxylic acids is 2. The molecule has 2 fully saturated rings. The number of halogens is 1. The van der Waals surface area contributed by atoms with Gasteiger partial charge in [-0.3, -0.25) is 9.59 Å². The quantitative estimate of drug-likeness (QED) is 0.482. The lowest BCUT2D eigenvalue weighted by molar-refractivity contribution is -0.119. The molecule has 3 aromatic rings. The number of hydrogen-bond acceptors (Lipinski definition) is 8. The summed E-state index contributed by atoms with van der Waals surface area (Å²) in [5, 5.41) is 7.77. The van der Waals surface area contributed by atoms with Crippen LogP contribution in [0.5, 0.6) is 5.75 Å². The van der Waals surface area contributed by atoms with Crippen molar-refractivity contribution in [2.45, 2.75) is 37.8 Å². The third-order valence-corrected chi connectivity index (χ3v) is 7.69. The molecule has 11 nitrogen and oxygen atoms in total. The molecule has 0 radical (unpaired) electrons. The lowest BCUT2D eigenvalue weighted by Crippen LogP contribution is -2.39. The van der Waals surface area contributed by atoms with Gasteiger partial charge in [-0.2, -0.15) is 9.61 Å². The number of nitrogens with zero attached hydrogens (tertiary/aromatic N) is 6. The SMILES string of the molecule is CN1CC(=O)NCCOc2ccc(F)cc2C(=O)N2CCCCC2c2cc3nc(N4CCC(N)C4)cc1n3n2. The standard InChI is InChI=1S/C27H33FN8O3/c1-33-16-25(37)30-8-11-39-22-6-5-17(28)12-19(22)27(38)35-9-3-2-4-21(35)20-13-24-31-23(14-26(33)36(24)32-20)34-10-7-18(29)15-34/h5-6,12-14,18,21H,2-4,7-11,15-16,29H2,1H3,(H,30,37). The highest BCUT2D eigenvalue weighted by atomic mass is 19.1. The van der Waals surface area contributed by atoms with Gasteiger partial charge in [-0.05, 0) is 43.9 Å². The molecule has 39 heavy (non-hydrogen) atoms. The summed E-state index contributed by atoms with van der Waals surface area (Å²) in [7, 11) is 1.84. The van der Waals surface area contributed by atoms with Gasteiger partial charge in [-0.15, -0.1) is 0 Å². The number of nitrogens with one attached hydrogen (secondary N) is 1. The molecule has 3 aliphatic rings. The summed E-state index contributed by atoms with van der Waals surface area (Å²) in [5.41, 5.74) is 7.66. The van der Waals surface area contributed by atoms with E-state index in [1.165, 1.54) is 18.2 Å². The maximum absolute atomic E-state index is 14.3. The Bertz CT molecular complexity index is 1410. The number of rotatable bonds is 1. The monoisotopic (exact) mass is 536 g/mol. The second-order valence-corrected chi connectivity index (χ2v) is 10.5. The number of hydrogen-bond donors (Lipinski definition) is 2. The lowest BCUT2D eigenvalue weighted by atomic mass is 9.98. The van der Waals surface area contributed by atoms with Crippen molar-refractivity contribution in [3.8, 4) is 5.75 Å². The second kappa shape index (κ2) is 10.3. The van der Waals surface area contributed by atoms with Gasteiger partial charge in [0.05, 0.1) is 30.4 Å². The van der Waals surface area contributed by atoms with Gasteiger partial charge in [-0.1, -0.05) is 0 Å². The van der Waals surface area contributed by atoms with Crippen LogP contribution in [0.4, 0.5) is 16.0 Å². The van der Waals surface area contributed by atoms with Gasteiger partial charge in [0.2, 0.25) is 5.91 Å². The molecule has 2 atom stereocenters. The Kier molecular flexibility index (Phi) is 6.71. The molecule has 3 aliphatic heterocycles. The molecule has 5 heterocycles. The first-order valence-corrected chi connectivity index (χ1v) is 13.5. The molecule has 1 aromatic carbocycles. The first-order valence-electron chi connectivity index (χ1n) is 13.5. The van der Waals surface area contributed by atoms with Gasteiger partial charge >= 0.3 is 0 Å². The van der Waals surface area contributed by atoms with E-state index in [-0.39, 0.29) is 54.9 Å². The van der Waals surface area contributed by atoms with E-state index in [0.717, 1.165) is 38.0 Å². The highest BCUT2D eigenvalue weighted by Crippen LogP contribution is 2.35. The summed E-state index contributed by atoms with van der Waals surface area (Å²) in [6.07, 6.45) is 3.39. The lowest BCUT2D eigenvalue weighted by Gasteiger charge is -2.35. The summed E-state index contributed by atoms with van der Waals surface area (Å²) in [4.78, 5) is 37.3. The number of likely N-dealkylation sites (N-methyl/N-ethyl adjacent to an activating group) is 1. The van der Waals surface area contributed by atoms with E-state index in [1.54, 1.807) is 9.42 Å². The van der Waals surface area contributed by atoms with Crippen LogP contribution in [0.1, 0.15) is 47.8 Å². The first kappa shape index (κ1) is 25.4. The smallest absolute Gasteiger partial charge is 0.258 e. The van der Waals surface area contributed by atoms with E-state index in [0.29, 0.717) is 30.2 Å². The summed E-state index contributed by atoms with van der Waals surface area (Å²) in [6, 6.07) is 7.58. The molecule has 12 heteroatoms. The zero-order valence-corrected chi connectivity index (χ0v) is 22.0. The number of amides is 2. The number of fused-ring (bicyclic) bond motifs is 4. The van der Waals surface area contributed by atoms with Gasteiger partial charge in [0, 0.05) is 44.9 Å². The van der Waals surface area contributed by atoms with Crippen molar-refractivity contribution in [2.75, 3.05) is 56.2 Å². The maximum Gasteiger partial charge on any atom is 0.258 e. The van der Waals surface area contributed by atoms with Gasteiger partial charge in [0.25, 0.3) is 5.91 Å². The summed E-state index contributed by atoms with van der Waals surface area (Å²) in [6.45, 7) is 2.51. The number of benzene rings is 1. The fourth-order valence-corrected chi connectivity index (χ4v) is 5.69. The number of anilines is 2. The van der Waals surface area contributed by atoms with Gasteiger partial charge in [-0.25, -0.2) is 9.37 Å². The van der Waals surface area contributed by atoms with Crippen LogP contribution in [0.2, 0.25) is 0 Å². The van der Waals surface area contributed by atoms with Crippen LogP contribution in [0.15, 0.2) is 30.3 Å². The maximum atomic E-state index is 14.3. The third-order valence-electron chi connectivity index (χ3n) is 7.69. The molecule has 0 aliphatic carbocycles. The molecule has 206 valence electrons. The highest BCUT2D eigenvalue weighted by molar-refractivity contribution is 5.97. The normalized spacial score (nSPS) is 22.6. The van der Waals surface area contributed by atoms with E-state index in [2.05, 4.69) is 10.2 Å². The molecule has 2 amide bonds. The third kappa shape index (κ3) is 4.96. The van der Waals surface area contributed by atoms with E-state index in [4.69, 9.17) is 20.6 Å². The van der Waals surface area contributed by atoms with Crippen LogP contribution >= 0.6 is 0 Å². The van der Waals surface area contributed by atoms with E-state index in [1.807, 2.05) is 24.1 Å². The second-order valence-electron chi connectivity index (χ2n) is 10.5. The molecular formula is C27H33FN8O3. The van der Waals surface area contributed by atoms with Crippen molar-refractivity contribution in [1.29, 1.82) is 0 Å². The average Bonchev–Trinajstić information content (AvgIpc) is 3.56. The summed E-state index contributed by atoms with van der Waals surface area (Å²) >= 11 is 0. The number of piperidine rings is 1. The Morgan fingerprint density at radius 1 is 1.13 bits per heavy atom. The van der Waals surface area contributed by atoms with Crippen molar-refractivity contribution < 1.29 is 18.7 Å². The van der Waals surface area contributed by atoms with Crippen LogP contribution in [-0.4, -0.2) is 83.7 Å². The first-order chi connectivity index (χ1) is 18.9. The van der Waals surface area contributed by atoms with Crippen molar-refractivity contribution in [1.82, 2.24) is 24.8 Å². The molecule has 2 bridgehead atoms.